The van der Waals surface area contributed by atoms with Crippen molar-refractivity contribution in [2.45, 2.75) is 38.8 Å². The van der Waals surface area contributed by atoms with Gasteiger partial charge in [0.1, 0.15) is 11.5 Å². The fraction of sp³-hybridized carbons (Fsp3) is 0.429. The zero-order valence-electron chi connectivity index (χ0n) is 12.0. The van der Waals surface area contributed by atoms with Gasteiger partial charge in [-0.05, 0) is 25.0 Å². The molecule has 0 saturated heterocycles. The summed E-state index contributed by atoms with van der Waals surface area (Å²) in [6, 6.07) is 4.85. The van der Waals surface area contributed by atoms with E-state index < -0.39 is 0 Å². The van der Waals surface area contributed by atoms with Crippen LogP contribution in [0.15, 0.2) is 22.7 Å². The van der Waals surface area contributed by atoms with Crippen molar-refractivity contribution < 1.29 is 4.92 Å². The fourth-order valence-electron chi connectivity index (χ4n) is 2.66. The molecule has 0 aliphatic carbocycles. The van der Waals surface area contributed by atoms with E-state index in [1.165, 1.54) is 12.5 Å². The summed E-state index contributed by atoms with van der Waals surface area (Å²) in [4.78, 5) is 10.7. The molecule has 1 aromatic heterocycles. The third-order valence-corrected chi connectivity index (χ3v) is 4.27. The van der Waals surface area contributed by atoms with Gasteiger partial charge in [0.2, 0.25) is 0 Å². The van der Waals surface area contributed by atoms with Gasteiger partial charge in [-0.25, -0.2) is 0 Å². The van der Waals surface area contributed by atoms with E-state index in [0.29, 0.717) is 12.2 Å². The Bertz CT molecular complexity index is 701. The van der Waals surface area contributed by atoms with Crippen molar-refractivity contribution in [1.29, 1.82) is 0 Å². The van der Waals surface area contributed by atoms with Crippen LogP contribution >= 0.6 is 15.9 Å². The van der Waals surface area contributed by atoms with Crippen LogP contribution in [0.2, 0.25) is 0 Å². The molecule has 0 unspecified atom stereocenters. The molecule has 0 amide bonds. The molecule has 0 saturated carbocycles. The molecule has 22 heavy (non-hydrogen) atoms. The zero-order valence-corrected chi connectivity index (χ0v) is 13.5. The standard InChI is InChI=1S/C14H16BrN5O2/c15-10-5-6-12(20(21)22)11(8-10)16-9-14-18-17-13-4-2-1-3-7-19(13)14/h5-6,8,16H,1-4,7,9H2. The summed E-state index contributed by atoms with van der Waals surface area (Å²) in [6.07, 6.45) is 4.41. The average Bonchev–Trinajstić information content (AvgIpc) is 2.72. The van der Waals surface area contributed by atoms with E-state index in [1.54, 1.807) is 12.1 Å². The van der Waals surface area contributed by atoms with Crippen LogP contribution in [0.5, 0.6) is 0 Å². The highest BCUT2D eigenvalue weighted by molar-refractivity contribution is 9.10. The number of halogens is 1. The van der Waals surface area contributed by atoms with E-state index in [1.807, 2.05) is 0 Å². The minimum atomic E-state index is -0.390. The number of rotatable bonds is 4. The molecule has 1 aromatic carbocycles. The summed E-state index contributed by atoms with van der Waals surface area (Å²) >= 11 is 3.34. The Morgan fingerprint density at radius 1 is 1.32 bits per heavy atom. The number of hydrogen-bond acceptors (Lipinski definition) is 5. The minimum absolute atomic E-state index is 0.0544. The minimum Gasteiger partial charge on any atom is -0.372 e. The molecule has 0 atom stereocenters. The SMILES string of the molecule is O=[N+]([O-])c1ccc(Br)cc1NCc1nnc2n1CCCCC2. The molecule has 116 valence electrons. The fourth-order valence-corrected chi connectivity index (χ4v) is 3.02. The van der Waals surface area contributed by atoms with E-state index in [9.17, 15) is 10.1 Å². The largest absolute Gasteiger partial charge is 0.372 e. The molecule has 3 rings (SSSR count). The lowest BCUT2D eigenvalue weighted by Gasteiger charge is -2.09. The van der Waals surface area contributed by atoms with Crippen LogP contribution in [0.1, 0.15) is 30.9 Å². The van der Waals surface area contributed by atoms with E-state index >= 15 is 0 Å². The normalized spacial score (nSPS) is 14.2. The van der Waals surface area contributed by atoms with Crippen LogP contribution in [0.4, 0.5) is 11.4 Å². The van der Waals surface area contributed by atoms with Crippen LogP contribution in [-0.4, -0.2) is 19.7 Å². The predicted octanol–water partition coefficient (Wildman–Crippen LogP) is 3.29. The van der Waals surface area contributed by atoms with Gasteiger partial charge in [-0.15, -0.1) is 10.2 Å². The number of nitro groups is 1. The van der Waals surface area contributed by atoms with Gasteiger partial charge in [0.15, 0.2) is 5.82 Å². The number of benzene rings is 1. The number of aromatic nitrogens is 3. The zero-order chi connectivity index (χ0) is 15.5. The summed E-state index contributed by atoms with van der Waals surface area (Å²) in [5.41, 5.74) is 0.532. The molecule has 0 radical (unpaired) electrons. The highest BCUT2D eigenvalue weighted by atomic mass is 79.9. The molecule has 2 heterocycles. The van der Waals surface area contributed by atoms with Gasteiger partial charge in [0.25, 0.3) is 5.69 Å². The van der Waals surface area contributed by atoms with E-state index in [0.717, 1.165) is 41.9 Å². The molecule has 7 nitrogen and oxygen atoms in total. The van der Waals surface area contributed by atoms with Crippen molar-refractivity contribution in [2.24, 2.45) is 0 Å². The quantitative estimate of drug-likeness (QED) is 0.663. The Hall–Kier alpha value is -1.96. The van der Waals surface area contributed by atoms with Gasteiger partial charge in [-0.1, -0.05) is 22.4 Å². The summed E-state index contributed by atoms with van der Waals surface area (Å²) in [5.74, 6) is 1.84. The Balaban J connectivity index is 1.80. The molecule has 0 spiro atoms. The molecule has 1 N–H and O–H groups in total. The van der Waals surface area contributed by atoms with Gasteiger partial charge in [-0.3, -0.25) is 10.1 Å². The third-order valence-electron chi connectivity index (χ3n) is 3.78. The maximum Gasteiger partial charge on any atom is 0.292 e. The maximum atomic E-state index is 11.1. The van der Waals surface area contributed by atoms with Crippen LogP contribution in [0.25, 0.3) is 0 Å². The number of nitro benzene ring substituents is 1. The van der Waals surface area contributed by atoms with Crippen molar-refractivity contribution in [2.75, 3.05) is 5.32 Å². The first-order valence-corrected chi connectivity index (χ1v) is 8.03. The first-order chi connectivity index (χ1) is 10.6. The number of hydrogen-bond donors (Lipinski definition) is 1. The number of fused-ring (bicyclic) bond motifs is 1. The first-order valence-electron chi connectivity index (χ1n) is 7.24. The second kappa shape index (κ2) is 6.43. The van der Waals surface area contributed by atoms with Crippen LogP contribution in [0, 0.1) is 10.1 Å². The lowest BCUT2D eigenvalue weighted by molar-refractivity contribution is -0.384. The summed E-state index contributed by atoms with van der Waals surface area (Å²) < 4.78 is 2.92. The van der Waals surface area contributed by atoms with Gasteiger partial charge in [0.05, 0.1) is 11.5 Å². The molecule has 0 bridgehead atoms. The second-order valence-corrected chi connectivity index (χ2v) is 6.18. The summed E-state index contributed by atoms with van der Waals surface area (Å²) in [5, 5.41) is 22.7. The molecule has 1 aliphatic rings. The van der Waals surface area contributed by atoms with E-state index in [4.69, 9.17) is 0 Å². The number of anilines is 1. The second-order valence-electron chi connectivity index (χ2n) is 5.27. The van der Waals surface area contributed by atoms with Gasteiger partial charge in [-0.2, -0.15) is 0 Å². The predicted molar refractivity (Wildman–Crippen MR) is 85.7 cm³/mol. The highest BCUT2D eigenvalue weighted by Crippen LogP contribution is 2.28. The monoisotopic (exact) mass is 365 g/mol. The van der Waals surface area contributed by atoms with Gasteiger partial charge >= 0.3 is 0 Å². The highest BCUT2D eigenvalue weighted by Gasteiger charge is 2.17. The van der Waals surface area contributed by atoms with E-state index in [-0.39, 0.29) is 10.6 Å². The number of aryl methyl sites for hydroxylation is 1. The van der Waals surface area contributed by atoms with Crippen LogP contribution < -0.4 is 5.32 Å². The first kappa shape index (κ1) is 15.0. The van der Waals surface area contributed by atoms with Gasteiger partial charge < -0.3 is 9.88 Å². The lowest BCUT2D eigenvalue weighted by Crippen LogP contribution is -2.11. The Morgan fingerprint density at radius 3 is 3.00 bits per heavy atom. The van der Waals surface area contributed by atoms with Crippen molar-refractivity contribution >= 4 is 27.3 Å². The summed E-state index contributed by atoms with van der Waals surface area (Å²) in [6.45, 7) is 1.34. The van der Waals surface area contributed by atoms with Crippen LogP contribution in [-0.2, 0) is 19.5 Å². The van der Waals surface area contributed by atoms with Crippen molar-refractivity contribution in [3.05, 3.63) is 44.4 Å². The third kappa shape index (κ3) is 3.11. The van der Waals surface area contributed by atoms with Crippen molar-refractivity contribution in [3.8, 4) is 0 Å². The molecule has 8 heteroatoms. The van der Waals surface area contributed by atoms with Crippen LogP contribution in [0.3, 0.4) is 0 Å². The molecular weight excluding hydrogens is 350 g/mol. The Morgan fingerprint density at radius 2 is 2.18 bits per heavy atom. The van der Waals surface area contributed by atoms with Gasteiger partial charge in [0, 0.05) is 23.5 Å². The topological polar surface area (TPSA) is 85.9 Å². The smallest absolute Gasteiger partial charge is 0.292 e. The van der Waals surface area contributed by atoms with E-state index in [2.05, 4.69) is 36.0 Å². The molecule has 1 aliphatic heterocycles. The maximum absolute atomic E-state index is 11.1. The molecular formula is C14H16BrN5O2. The Kier molecular flexibility index (Phi) is 4.37. The number of nitrogens with zero attached hydrogens (tertiary/aromatic N) is 4. The molecule has 0 fully saturated rings. The Labute approximate surface area is 136 Å². The average molecular weight is 366 g/mol. The van der Waals surface area contributed by atoms with Crippen molar-refractivity contribution in [1.82, 2.24) is 14.8 Å². The number of nitrogens with one attached hydrogen (secondary N) is 1. The lowest BCUT2D eigenvalue weighted by atomic mass is 10.2. The molecule has 2 aromatic rings. The van der Waals surface area contributed by atoms with Crippen molar-refractivity contribution in [3.63, 3.8) is 0 Å². The summed E-state index contributed by atoms with van der Waals surface area (Å²) in [7, 11) is 0.